The number of carbonyl (C=O) groups is 2. The fourth-order valence-electron chi connectivity index (χ4n) is 11.7. The molecule has 0 radical (unpaired) electrons. The van der Waals surface area contributed by atoms with Crippen LogP contribution < -0.4 is 5.32 Å². The van der Waals surface area contributed by atoms with Crippen LogP contribution in [0.2, 0.25) is 0 Å². The van der Waals surface area contributed by atoms with E-state index in [1.165, 1.54) is 93.6 Å². The molecule has 43 heavy (non-hydrogen) atoms. The first kappa shape index (κ1) is 28.0. The van der Waals surface area contributed by atoms with E-state index in [0.29, 0.717) is 0 Å². The molecular weight excluding hydrogens is 579 g/mol. The molecule has 1 heterocycles. The summed E-state index contributed by atoms with van der Waals surface area (Å²) in [5, 5.41) is 4.80. The van der Waals surface area contributed by atoms with E-state index < -0.39 is 15.6 Å². The van der Waals surface area contributed by atoms with Gasteiger partial charge in [0, 0.05) is 16.5 Å². The van der Waals surface area contributed by atoms with E-state index in [9.17, 15) is 22.8 Å². The number of amides is 2. The minimum Gasteiger partial charge on any atom is -0.288 e. The van der Waals surface area contributed by atoms with Gasteiger partial charge < -0.3 is 0 Å². The second kappa shape index (κ2) is 9.05. The zero-order valence-corrected chi connectivity index (χ0v) is 24.7. The minimum atomic E-state index is -5.84. The van der Waals surface area contributed by atoms with Crippen molar-refractivity contribution in [2.75, 3.05) is 0 Å². The lowest BCUT2D eigenvalue weighted by Crippen LogP contribution is -2.49. The highest BCUT2D eigenvalue weighted by molar-refractivity contribution is 7.86. The third-order valence-corrected chi connectivity index (χ3v) is 12.9. The van der Waals surface area contributed by atoms with Crippen LogP contribution in [-0.4, -0.2) is 30.3 Å². The summed E-state index contributed by atoms with van der Waals surface area (Å²) in [4.78, 5) is 26.3. The van der Waals surface area contributed by atoms with Crippen molar-refractivity contribution < 1.29 is 35.7 Å². The van der Waals surface area contributed by atoms with Gasteiger partial charge in [-0.2, -0.15) is 21.6 Å². The van der Waals surface area contributed by atoms with E-state index in [1.807, 2.05) is 0 Å². The molecule has 0 unspecified atom stereocenters. The van der Waals surface area contributed by atoms with Crippen LogP contribution in [0, 0.1) is 35.5 Å². The van der Waals surface area contributed by atoms with Crippen LogP contribution in [0.5, 0.6) is 0 Å². The number of imide groups is 1. The highest BCUT2D eigenvalue weighted by atomic mass is 32.2. The molecule has 2 N–H and O–H groups in total. The van der Waals surface area contributed by atoms with Crippen molar-refractivity contribution in [3.63, 3.8) is 0 Å². The highest BCUT2D eigenvalue weighted by Crippen LogP contribution is 2.63. The monoisotopic (exact) mass is 615 g/mol. The Hall–Kier alpha value is -2.46. The summed E-state index contributed by atoms with van der Waals surface area (Å²) < 4.78 is 57.5. The number of carbonyl (C=O) groups excluding carboxylic acids is 2. The van der Waals surface area contributed by atoms with Crippen LogP contribution in [0.1, 0.15) is 109 Å². The van der Waals surface area contributed by atoms with Gasteiger partial charge in [0.15, 0.2) is 0 Å². The average Bonchev–Trinajstić information content (AvgIpc) is 2.89. The second-order valence-corrected chi connectivity index (χ2v) is 16.7. The molecule has 0 aromatic heterocycles. The Morgan fingerprint density at radius 2 is 0.953 bits per heavy atom. The smallest absolute Gasteiger partial charge is 0.288 e. The molecule has 2 amide bonds. The van der Waals surface area contributed by atoms with E-state index in [4.69, 9.17) is 13.0 Å². The molecule has 9 aliphatic rings. The van der Waals surface area contributed by atoms with E-state index in [0.717, 1.165) is 52.0 Å². The van der Waals surface area contributed by atoms with Gasteiger partial charge in [-0.3, -0.25) is 19.5 Å². The molecule has 2 aromatic carbocycles. The molecule has 6 nitrogen and oxygen atoms in total. The first-order chi connectivity index (χ1) is 20.2. The van der Waals surface area contributed by atoms with Gasteiger partial charge in [-0.15, -0.1) is 0 Å². The molecule has 230 valence electrons. The number of benzene rings is 2. The van der Waals surface area contributed by atoms with Crippen LogP contribution in [0.25, 0.3) is 10.8 Å². The molecule has 10 heteroatoms. The molecule has 8 bridgehead atoms. The van der Waals surface area contributed by atoms with Crippen molar-refractivity contribution in [2.45, 2.75) is 93.4 Å². The average molecular weight is 616 g/mol. The van der Waals surface area contributed by atoms with Crippen molar-refractivity contribution >= 4 is 32.7 Å². The maximum atomic E-state index is 13.1. The molecule has 0 atom stereocenters. The first-order valence-electron chi connectivity index (χ1n) is 15.7. The summed E-state index contributed by atoms with van der Waals surface area (Å²) in [6.45, 7) is 0. The van der Waals surface area contributed by atoms with Crippen LogP contribution in [-0.2, 0) is 20.9 Å². The van der Waals surface area contributed by atoms with Gasteiger partial charge in [-0.25, -0.2) is 0 Å². The van der Waals surface area contributed by atoms with Gasteiger partial charge in [0.05, 0.1) is 0 Å². The Morgan fingerprint density at radius 1 is 0.651 bits per heavy atom. The van der Waals surface area contributed by atoms with Crippen molar-refractivity contribution in [3.05, 3.63) is 46.5 Å². The van der Waals surface area contributed by atoms with Crippen LogP contribution in [0.4, 0.5) is 13.2 Å². The largest absolute Gasteiger partial charge is 0.522 e. The van der Waals surface area contributed by atoms with Crippen LogP contribution in [0.15, 0.2) is 24.3 Å². The topological polar surface area (TPSA) is 101 Å². The van der Waals surface area contributed by atoms with E-state index in [2.05, 4.69) is 29.6 Å². The standard InChI is InChI=1S/C32H35NO2.CHF3O3S/c34-29-26-9-24(31-11-17-1-18(12-31)3-19(2-17)13-31)7-23-8-25(10-27(28(23)26)30(35)33-29)32-14-20-4-21(15-32)6-22(5-20)16-32;2-1(3,4)8(5,6)7/h7-10,17-22H,1-6,11-16H2,(H,33,34,35);(H,5,6,7). The van der Waals surface area contributed by atoms with Gasteiger partial charge in [-0.1, -0.05) is 12.1 Å². The van der Waals surface area contributed by atoms with Crippen LogP contribution >= 0.6 is 0 Å². The van der Waals surface area contributed by atoms with E-state index in [1.54, 1.807) is 0 Å². The van der Waals surface area contributed by atoms with Crippen molar-refractivity contribution in [3.8, 4) is 0 Å². The molecule has 0 spiro atoms. The highest BCUT2D eigenvalue weighted by Gasteiger charge is 2.53. The summed E-state index contributed by atoms with van der Waals surface area (Å²) in [5.41, 5.74) is -0.738. The van der Waals surface area contributed by atoms with Crippen LogP contribution in [0.3, 0.4) is 0 Å². The van der Waals surface area contributed by atoms with Gasteiger partial charge in [-0.05, 0) is 152 Å². The Morgan fingerprint density at radius 3 is 1.23 bits per heavy atom. The van der Waals surface area contributed by atoms with E-state index in [-0.39, 0.29) is 22.6 Å². The number of rotatable bonds is 2. The second-order valence-electron chi connectivity index (χ2n) is 15.2. The van der Waals surface area contributed by atoms with E-state index >= 15 is 0 Å². The summed E-state index contributed by atoms with van der Waals surface area (Å²) in [6, 6.07) is 9.27. The molecule has 8 saturated carbocycles. The molecule has 0 saturated heterocycles. The predicted molar refractivity (Wildman–Crippen MR) is 153 cm³/mol. The minimum absolute atomic E-state index is 0.193. The lowest BCUT2D eigenvalue weighted by molar-refractivity contribution is -0.0510. The lowest BCUT2D eigenvalue weighted by Gasteiger charge is -2.57. The number of hydrogen-bond donors (Lipinski definition) is 2. The SMILES string of the molecule is O=C1NC(=O)c2cc(C34CC5CC(CC(C5)C3)C4)cc3cc(C45CC6CC(CC(C6)C4)C5)cc1c23.O=S(=O)(O)C(F)(F)F. The van der Waals surface area contributed by atoms with Crippen molar-refractivity contribution in [2.24, 2.45) is 35.5 Å². The Balaban J connectivity index is 0.000000310. The number of alkyl halides is 3. The predicted octanol–water partition coefficient (Wildman–Crippen LogP) is 7.05. The molecule has 1 aliphatic heterocycles. The third-order valence-electron chi connectivity index (χ3n) is 12.4. The quantitative estimate of drug-likeness (QED) is 0.214. The molecular formula is C33H36F3NO5S. The van der Waals surface area contributed by atoms with Gasteiger partial charge in [0.2, 0.25) is 0 Å². The molecule has 2 aromatic rings. The first-order valence-corrected chi connectivity index (χ1v) is 17.2. The summed E-state index contributed by atoms with van der Waals surface area (Å²) >= 11 is 0. The maximum absolute atomic E-state index is 13.1. The fraction of sp³-hybridized carbons (Fsp3) is 0.636. The zero-order chi connectivity index (χ0) is 30.1. The fourth-order valence-corrected chi connectivity index (χ4v) is 11.7. The van der Waals surface area contributed by atoms with Gasteiger partial charge in [0.25, 0.3) is 11.8 Å². The van der Waals surface area contributed by atoms with Crippen molar-refractivity contribution in [1.29, 1.82) is 0 Å². The number of halogens is 3. The Bertz CT molecular complexity index is 1510. The Kier molecular flexibility index (Phi) is 5.90. The normalized spacial score (nSPS) is 38.7. The summed E-state index contributed by atoms with van der Waals surface area (Å²) in [5.74, 6) is 4.85. The summed E-state index contributed by atoms with van der Waals surface area (Å²) in [7, 11) is -5.84. The maximum Gasteiger partial charge on any atom is 0.522 e. The number of hydrogen-bond acceptors (Lipinski definition) is 4. The number of nitrogens with one attached hydrogen (secondary N) is 1. The van der Waals surface area contributed by atoms with Crippen molar-refractivity contribution in [1.82, 2.24) is 5.32 Å². The molecule has 8 aliphatic carbocycles. The zero-order valence-electron chi connectivity index (χ0n) is 23.9. The van der Waals surface area contributed by atoms with Gasteiger partial charge in [0.1, 0.15) is 0 Å². The molecule has 8 fully saturated rings. The third kappa shape index (κ3) is 4.40. The summed E-state index contributed by atoms with van der Waals surface area (Å²) in [6.07, 6.45) is 16.3. The lowest BCUT2D eigenvalue weighted by atomic mass is 9.47. The van der Waals surface area contributed by atoms with Gasteiger partial charge >= 0.3 is 15.6 Å². The Labute approximate surface area is 248 Å². The molecule has 11 rings (SSSR count).